The molecule has 0 unspecified atom stereocenters. The summed E-state index contributed by atoms with van der Waals surface area (Å²) in [6.45, 7) is 2.08. The fraction of sp³-hybridized carbons (Fsp3) is 0.368. The molecule has 0 aliphatic heterocycles. The van der Waals surface area contributed by atoms with Gasteiger partial charge in [-0.2, -0.15) is 0 Å². The highest BCUT2D eigenvalue weighted by molar-refractivity contribution is 7.17. The first-order valence-corrected chi connectivity index (χ1v) is 9.17. The Morgan fingerprint density at radius 2 is 1.87 bits per heavy atom. The third-order valence-electron chi connectivity index (χ3n) is 4.43. The molecule has 118 valence electrons. The van der Waals surface area contributed by atoms with Gasteiger partial charge in [-0.25, -0.2) is 9.98 Å². The molecule has 23 heavy (non-hydrogen) atoms. The van der Waals surface area contributed by atoms with Crippen molar-refractivity contribution in [1.82, 2.24) is 4.98 Å². The largest absolute Gasteiger partial charge is 0.419 e. The van der Waals surface area contributed by atoms with Crippen molar-refractivity contribution in [2.24, 2.45) is 4.99 Å². The second-order valence-corrected chi connectivity index (χ2v) is 7.16. The van der Waals surface area contributed by atoms with E-state index in [1.807, 2.05) is 6.07 Å². The third-order valence-corrected chi connectivity index (χ3v) is 5.32. The van der Waals surface area contributed by atoms with Crippen LogP contribution in [0, 0.1) is 6.92 Å². The van der Waals surface area contributed by atoms with Crippen molar-refractivity contribution >= 4 is 21.6 Å². The molecule has 1 aromatic carbocycles. The number of fused-ring (bicyclic) bond motifs is 1. The number of benzene rings is 1. The zero-order valence-electron chi connectivity index (χ0n) is 13.3. The first-order chi connectivity index (χ1) is 11.3. The Morgan fingerprint density at radius 1 is 1.09 bits per heavy atom. The topological polar surface area (TPSA) is 38.4 Å². The van der Waals surface area contributed by atoms with Crippen molar-refractivity contribution in [3.63, 3.8) is 0 Å². The molecule has 4 heteroatoms. The van der Waals surface area contributed by atoms with Gasteiger partial charge in [0.25, 0.3) is 0 Å². The maximum absolute atomic E-state index is 6.11. The van der Waals surface area contributed by atoms with Gasteiger partial charge in [-0.05, 0) is 43.3 Å². The van der Waals surface area contributed by atoms with Crippen molar-refractivity contribution in [2.75, 3.05) is 0 Å². The summed E-state index contributed by atoms with van der Waals surface area (Å²) in [4.78, 5) is 9.60. The van der Waals surface area contributed by atoms with E-state index in [0.29, 0.717) is 11.9 Å². The predicted octanol–water partition coefficient (Wildman–Crippen LogP) is 5.10. The lowest BCUT2D eigenvalue weighted by Crippen LogP contribution is -2.15. The normalized spacial score (nSPS) is 17.0. The summed E-state index contributed by atoms with van der Waals surface area (Å²) in [6, 6.07) is 10.7. The lowest BCUT2D eigenvalue weighted by Gasteiger charge is -2.16. The van der Waals surface area contributed by atoms with Gasteiger partial charge in [-0.15, -0.1) is 11.3 Å². The van der Waals surface area contributed by atoms with Crippen molar-refractivity contribution in [2.45, 2.75) is 45.1 Å². The molecule has 3 nitrogen and oxygen atoms in total. The number of thiophene rings is 1. The van der Waals surface area contributed by atoms with Crippen LogP contribution in [0.4, 0.5) is 0 Å². The molecule has 0 spiro atoms. The standard InChI is InChI=1S/C19H20N2OS/c1-13-7-9-14(10-8-13)18-21-16-11-12-23-17(16)19(22-18)20-15-5-3-2-4-6-15/h7-12,15H,2-6H2,1H3. The van der Waals surface area contributed by atoms with E-state index >= 15 is 0 Å². The van der Waals surface area contributed by atoms with Gasteiger partial charge in [0.15, 0.2) is 0 Å². The molecule has 2 aromatic heterocycles. The monoisotopic (exact) mass is 324 g/mol. The molecule has 2 heterocycles. The zero-order chi connectivity index (χ0) is 15.6. The molecule has 0 bridgehead atoms. The summed E-state index contributed by atoms with van der Waals surface area (Å²) in [7, 11) is 0. The van der Waals surface area contributed by atoms with E-state index < -0.39 is 0 Å². The Labute approximate surface area is 139 Å². The third kappa shape index (κ3) is 3.08. The number of aryl methyl sites for hydroxylation is 1. The SMILES string of the molecule is Cc1ccc(-c2nc3ccsc3c(=NC3CCCCC3)o2)cc1. The molecule has 0 N–H and O–H groups in total. The molecule has 0 atom stereocenters. The minimum absolute atomic E-state index is 0.395. The predicted molar refractivity (Wildman–Crippen MR) is 94.5 cm³/mol. The minimum atomic E-state index is 0.395. The van der Waals surface area contributed by atoms with E-state index in [1.165, 1.54) is 37.7 Å². The van der Waals surface area contributed by atoms with Crippen LogP contribution in [0.15, 0.2) is 45.1 Å². The molecule has 4 rings (SSSR count). The van der Waals surface area contributed by atoms with Crippen LogP contribution in [0.3, 0.4) is 0 Å². The first kappa shape index (κ1) is 14.6. The second kappa shape index (κ2) is 6.28. The Bertz CT molecular complexity index is 870. The summed E-state index contributed by atoms with van der Waals surface area (Å²) >= 11 is 1.66. The average Bonchev–Trinajstić information content (AvgIpc) is 3.05. The van der Waals surface area contributed by atoms with Gasteiger partial charge < -0.3 is 4.42 Å². The van der Waals surface area contributed by atoms with E-state index in [2.05, 4.69) is 41.6 Å². The van der Waals surface area contributed by atoms with E-state index in [9.17, 15) is 0 Å². The van der Waals surface area contributed by atoms with Crippen LogP contribution >= 0.6 is 11.3 Å². The molecule has 1 aliphatic carbocycles. The van der Waals surface area contributed by atoms with Crippen LogP contribution in [-0.4, -0.2) is 11.0 Å². The van der Waals surface area contributed by atoms with Crippen LogP contribution in [0.5, 0.6) is 0 Å². The fourth-order valence-corrected chi connectivity index (χ4v) is 3.86. The van der Waals surface area contributed by atoms with Crippen LogP contribution in [0.2, 0.25) is 0 Å². The van der Waals surface area contributed by atoms with Gasteiger partial charge in [0, 0.05) is 5.56 Å². The van der Waals surface area contributed by atoms with Gasteiger partial charge in [0.05, 0.1) is 11.6 Å². The van der Waals surface area contributed by atoms with Gasteiger partial charge in [-0.3, -0.25) is 0 Å². The van der Waals surface area contributed by atoms with Crippen molar-refractivity contribution in [3.05, 3.63) is 46.8 Å². The van der Waals surface area contributed by atoms with Crippen LogP contribution in [-0.2, 0) is 0 Å². The highest BCUT2D eigenvalue weighted by Gasteiger charge is 2.14. The smallest absolute Gasteiger partial charge is 0.236 e. The Morgan fingerprint density at radius 3 is 2.65 bits per heavy atom. The molecular weight excluding hydrogens is 304 g/mol. The summed E-state index contributed by atoms with van der Waals surface area (Å²) in [5.41, 5.74) is 3.97. The number of aromatic nitrogens is 1. The molecule has 0 amide bonds. The number of hydrogen-bond acceptors (Lipinski definition) is 4. The number of nitrogens with zero attached hydrogens (tertiary/aromatic N) is 2. The zero-order valence-corrected chi connectivity index (χ0v) is 14.1. The molecule has 1 aliphatic rings. The van der Waals surface area contributed by atoms with Crippen molar-refractivity contribution < 1.29 is 4.42 Å². The minimum Gasteiger partial charge on any atom is -0.419 e. The average molecular weight is 324 g/mol. The summed E-state index contributed by atoms with van der Waals surface area (Å²) in [6.07, 6.45) is 6.23. The Kier molecular flexibility index (Phi) is 4.00. The maximum atomic E-state index is 6.11. The highest BCUT2D eigenvalue weighted by Crippen LogP contribution is 2.23. The molecule has 0 saturated heterocycles. The molecule has 1 saturated carbocycles. The number of rotatable bonds is 2. The lowest BCUT2D eigenvalue weighted by molar-refractivity contribution is 0.412. The van der Waals surface area contributed by atoms with Gasteiger partial charge >= 0.3 is 0 Å². The van der Waals surface area contributed by atoms with Crippen molar-refractivity contribution in [3.8, 4) is 11.5 Å². The molecule has 3 aromatic rings. The van der Waals surface area contributed by atoms with E-state index in [1.54, 1.807) is 11.3 Å². The van der Waals surface area contributed by atoms with E-state index in [-0.39, 0.29) is 0 Å². The van der Waals surface area contributed by atoms with Crippen LogP contribution < -0.4 is 5.55 Å². The summed E-state index contributed by atoms with van der Waals surface area (Å²) in [5, 5.41) is 2.06. The summed E-state index contributed by atoms with van der Waals surface area (Å²) in [5.74, 6) is 0.658. The van der Waals surface area contributed by atoms with Gasteiger partial charge in [0.2, 0.25) is 11.4 Å². The van der Waals surface area contributed by atoms with E-state index in [4.69, 9.17) is 9.41 Å². The Balaban J connectivity index is 1.84. The molecular formula is C19H20N2OS. The summed E-state index contributed by atoms with van der Waals surface area (Å²) < 4.78 is 7.17. The lowest BCUT2D eigenvalue weighted by atomic mass is 9.96. The highest BCUT2D eigenvalue weighted by atomic mass is 32.1. The Hall–Kier alpha value is -1.94. The van der Waals surface area contributed by atoms with E-state index in [0.717, 1.165) is 21.3 Å². The quantitative estimate of drug-likeness (QED) is 0.658. The molecule has 0 radical (unpaired) electrons. The maximum Gasteiger partial charge on any atom is 0.236 e. The van der Waals surface area contributed by atoms with Crippen LogP contribution in [0.1, 0.15) is 37.7 Å². The number of hydrogen-bond donors (Lipinski definition) is 0. The van der Waals surface area contributed by atoms with Gasteiger partial charge in [0.1, 0.15) is 4.70 Å². The van der Waals surface area contributed by atoms with Gasteiger partial charge in [-0.1, -0.05) is 37.0 Å². The molecule has 1 fully saturated rings. The van der Waals surface area contributed by atoms with Crippen molar-refractivity contribution in [1.29, 1.82) is 0 Å². The second-order valence-electron chi connectivity index (χ2n) is 6.25. The van der Waals surface area contributed by atoms with Crippen LogP contribution in [0.25, 0.3) is 21.7 Å². The fourth-order valence-electron chi connectivity index (χ4n) is 3.10. The first-order valence-electron chi connectivity index (χ1n) is 8.29.